The third kappa shape index (κ3) is 6.77. The van der Waals surface area contributed by atoms with Crippen LogP contribution in [0.15, 0.2) is 23.0 Å². The molecule has 1 aromatic carbocycles. The molecule has 0 aliphatic heterocycles. The molecule has 8 heteroatoms. The molecule has 8 nitrogen and oxygen atoms in total. The average Bonchev–Trinajstić information content (AvgIpc) is 3.28. The van der Waals surface area contributed by atoms with Crippen molar-refractivity contribution in [3.05, 3.63) is 62.1 Å². The molecule has 184 valence electrons. The summed E-state index contributed by atoms with van der Waals surface area (Å²) in [5.74, 6) is -0.289. The molecule has 0 radical (unpaired) electrons. The Labute approximate surface area is 202 Å². The zero-order chi connectivity index (χ0) is 24.7. The first kappa shape index (κ1) is 25.6. The van der Waals surface area contributed by atoms with Crippen molar-refractivity contribution in [2.75, 3.05) is 32.5 Å². The van der Waals surface area contributed by atoms with Gasteiger partial charge in [-0.2, -0.15) is 0 Å². The second-order valence-corrected chi connectivity index (χ2v) is 9.48. The molecule has 0 bridgehead atoms. The van der Waals surface area contributed by atoms with Gasteiger partial charge in [0.05, 0.1) is 5.56 Å². The lowest BCUT2D eigenvalue weighted by molar-refractivity contribution is 0.0950. The summed E-state index contributed by atoms with van der Waals surface area (Å²) in [4.78, 5) is 30.5. The summed E-state index contributed by atoms with van der Waals surface area (Å²) in [6, 6.07) is 6.16. The molecule has 0 saturated heterocycles. The molecule has 1 saturated carbocycles. The Balaban J connectivity index is 1.85. The quantitative estimate of drug-likeness (QED) is 0.258. The van der Waals surface area contributed by atoms with E-state index in [1.54, 1.807) is 0 Å². The van der Waals surface area contributed by atoms with Crippen LogP contribution in [-0.4, -0.2) is 55.2 Å². The summed E-state index contributed by atoms with van der Waals surface area (Å²) in [5, 5.41) is 18.0. The van der Waals surface area contributed by atoms with E-state index < -0.39 is 0 Å². The van der Waals surface area contributed by atoms with Crippen LogP contribution in [0.3, 0.4) is 0 Å². The molecule has 1 heterocycles. The molecule has 5 N–H and O–H groups in total. The van der Waals surface area contributed by atoms with Gasteiger partial charge >= 0.3 is 0 Å². The van der Waals surface area contributed by atoms with Crippen molar-refractivity contribution >= 4 is 17.8 Å². The molecule has 0 atom stereocenters. The highest BCUT2D eigenvalue weighted by molar-refractivity contribution is 6.05. The number of pyridine rings is 1. The van der Waals surface area contributed by atoms with Gasteiger partial charge in [0.2, 0.25) is 0 Å². The molecule has 2 aromatic rings. The van der Waals surface area contributed by atoms with Crippen molar-refractivity contribution in [3.63, 3.8) is 0 Å². The Kier molecular flexibility index (Phi) is 9.01. The lowest BCUT2D eigenvalue weighted by atomic mass is 10.00. The number of anilines is 1. The second-order valence-electron chi connectivity index (χ2n) is 9.48. The van der Waals surface area contributed by atoms with Crippen LogP contribution in [0, 0.1) is 19.3 Å². The van der Waals surface area contributed by atoms with Crippen LogP contribution in [0.4, 0.5) is 5.69 Å². The van der Waals surface area contributed by atoms with E-state index in [2.05, 4.69) is 25.8 Å². The third-order valence-corrected chi connectivity index (χ3v) is 6.33. The minimum atomic E-state index is -0.289. The SMILES string of the molecule is Cc1cc(C)c(CNC(=O)c2cc(CNCCN(C)C)cc(NC3CCCC3)c2C=N)c(=O)[nH]1. The van der Waals surface area contributed by atoms with Gasteiger partial charge in [0.15, 0.2) is 0 Å². The Bertz CT molecular complexity index is 1070. The fourth-order valence-corrected chi connectivity index (χ4v) is 4.47. The number of H-pyrrole nitrogens is 1. The maximum atomic E-state index is 13.3. The summed E-state index contributed by atoms with van der Waals surface area (Å²) in [6.07, 6.45) is 5.83. The Morgan fingerprint density at radius 3 is 2.56 bits per heavy atom. The summed E-state index contributed by atoms with van der Waals surface area (Å²) in [7, 11) is 4.07. The maximum Gasteiger partial charge on any atom is 0.253 e. The monoisotopic (exact) mass is 466 g/mol. The van der Waals surface area contributed by atoms with Crippen molar-refractivity contribution in [1.29, 1.82) is 5.41 Å². The van der Waals surface area contributed by atoms with Crippen LogP contribution < -0.4 is 21.5 Å². The highest BCUT2D eigenvalue weighted by Crippen LogP contribution is 2.27. The predicted octanol–water partition coefficient (Wildman–Crippen LogP) is 2.93. The summed E-state index contributed by atoms with van der Waals surface area (Å²) < 4.78 is 0. The standard InChI is InChI=1S/C26H38N6O2/c1-17-11-18(2)30-26(34)23(17)16-29-25(33)21-12-19(15-28-9-10-32(3)4)13-24(22(21)14-27)31-20-7-5-6-8-20/h11-14,20,27-28,31H,5-10,15-16H2,1-4H3,(H,29,33)(H,30,34). The number of nitrogens with zero attached hydrogens (tertiary/aromatic N) is 1. The van der Waals surface area contributed by atoms with E-state index in [9.17, 15) is 9.59 Å². The van der Waals surface area contributed by atoms with E-state index >= 15 is 0 Å². The predicted molar refractivity (Wildman–Crippen MR) is 138 cm³/mol. The number of nitrogens with one attached hydrogen (secondary N) is 5. The molecule has 1 aliphatic carbocycles. The van der Waals surface area contributed by atoms with E-state index in [0.717, 1.165) is 48.4 Å². The van der Waals surface area contributed by atoms with Crippen LogP contribution in [-0.2, 0) is 13.1 Å². The topological polar surface area (TPSA) is 113 Å². The lowest BCUT2D eigenvalue weighted by Gasteiger charge is -2.20. The number of aryl methyl sites for hydroxylation is 2. The summed E-state index contributed by atoms with van der Waals surface area (Å²) >= 11 is 0. The van der Waals surface area contributed by atoms with E-state index in [1.165, 1.54) is 19.1 Å². The molecule has 0 unspecified atom stereocenters. The molecule has 1 fully saturated rings. The zero-order valence-electron chi connectivity index (χ0n) is 20.8. The Hall–Kier alpha value is -2.97. The van der Waals surface area contributed by atoms with Gasteiger partial charge in [-0.15, -0.1) is 0 Å². The van der Waals surface area contributed by atoms with Gasteiger partial charge in [-0.1, -0.05) is 12.8 Å². The van der Waals surface area contributed by atoms with E-state index in [-0.39, 0.29) is 18.0 Å². The Morgan fingerprint density at radius 1 is 1.18 bits per heavy atom. The fraction of sp³-hybridized carbons (Fsp3) is 0.500. The zero-order valence-corrected chi connectivity index (χ0v) is 20.8. The minimum Gasteiger partial charge on any atom is -0.382 e. The normalized spacial score (nSPS) is 13.9. The number of amides is 1. The van der Waals surface area contributed by atoms with E-state index in [1.807, 2.05) is 46.1 Å². The van der Waals surface area contributed by atoms with Crippen LogP contribution >= 0.6 is 0 Å². The first-order valence-electron chi connectivity index (χ1n) is 12.1. The van der Waals surface area contributed by atoms with Gasteiger partial charge in [0.1, 0.15) is 0 Å². The van der Waals surface area contributed by atoms with Gasteiger partial charge in [0, 0.05) is 60.9 Å². The number of hydrogen-bond donors (Lipinski definition) is 5. The lowest BCUT2D eigenvalue weighted by Crippen LogP contribution is -2.29. The number of hydrogen-bond acceptors (Lipinski definition) is 6. The molecule has 1 aromatic heterocycles. The largest absolute Gasteiger partial charge is 0.382 e. The highest BCUT2D eigenvalue weighted by Gasteiger charge is 2.20. The third-order valence-electron chi connectivity index (χ3n) is 6.33. The molecule has 34 heavy (non-hydrogen) atoms. The molecule has 0 spiro atoms. The summed E-state index contributed by atoms with van der Waals surface area (Å²) in [5.41, 5.74) is 4.83. The van der Waals surface area contributed by atoms with Crippen LogP contribution in [0.2, 0.25) is 0 Å². The molecule has 3 rings (SSSR count). The van der Waals surface area contributed by atoms with Gasteiger partial charge in [-0.05, 0) is 70.1 Å². The molecular weight excluding hydrogens is 428 g/mol. The van der Waals surface area contributed by atoms with Crippen molar-refractivity contribution in [2.24, 2.45) is 0 Å². The number of carbonyl (C=O) groups excluding carboxylic acids is 1. The van der Waals surface area contributed by atoms with Crippen LogP contribution in [0.1, 0.15) is 64.0 Å². The molecule has 1 aliphatic rings. The number of aromatic nitrogens is 1. The minimum absolute atomic E-state index is 0.133. The van der Waals surface area contributed by atoms with Gasteiger partial charge < -0.3 is 31.2 Å². The Morgan fingerprint density at radius 2 is 1.91 bits per heavy atom. The van der Waals surface area contributed by atoms with Gasteiger partial charge in [0.25, 0.3) is 11.5 Å². The molecular formula is C26H38N6O2. The second kappa shape index (κ2) is 11.9. The highest BCUT2D eigenvalue weighted by atomic mass is 16.1. The average molecular weight is 467 g/mol. The van der Waals surface area contributed by atoms with Crippen molar-refractivity contribution in [1.82, 2.24) is 20.5 Å². The summed E-state index contributed by atoms with van der Waals surface area (Å²) in [6.45, 7) is 6.22. The molecule has 1 amide bonds. The van der Waals surface area contributed by atoms with Crippen molar-refractivity contribution < 1.29 is 4.79 Å². The van der Waals surface area contributed by atoms with Crippen LogP contribution in [0.25, 0.3) is 0 Å². The first-order chi connectivity index (χ1) is 16.3. The van der Waals surface area contributed by atoms with Crippen molar-refractivity contribution in [3.8, 4) is 0 Å². The van der Waals surface area contributed by atoms with Gasteiger partial charge in [-0.3, -0.25) is 9.59 Å². The van der Waals surface area contributed by atoms with E-state index in [0.29, 0.717) is 29.3 Å². The van der Waals surface area contributed by atoms with Crippen LogP contribution in [0.5, 0.6) is 0 Å². The number of aromatic amines is 1. The fourth-order valence-electron chi connectivity index (χ4n) is 4.47. The maximum absolute atomic E-state index is 13.3. The smallest absolute Gasteiger partial charge is 0.253 e. The number of carbonyl (C=O) groups is 1. The van der Waals surface area contributed by atoms with E-state index in [4.69, 9.17) is 5.41 Å². The van der Waals surface area contributed by atoms with Gasteiger partial charge in [-0.25, -0.2) is 0 Å². The first-order valence-corrected chi connectivity index (χ1v) is 12.1. The van der Waals surface area contributed by atoms with Crippen molar-refractivity contribution in [2.45, 2.75) is 58.7 Å². The number of rotatable bonds is 11. The number of benzene rings is 1. The number of likely N-dealkylation sites (N-methyl/N-ethyl adjacent to an activating group) is 1.